The summed E-state index contributed by atoms with van der Waals surface area (Å²) in [6, 6.07) is 14.3. The summed E-state index contributed by atoms with van der Waals surface area (Å²) in [5, 5.41) is 0. The lowest BCUT2D eigenvalue weighted by Gasteiger charge is -2.19. The molecule has 0 radical (unpaired) electrons. The van der Waals surface area contributed by atoms with Crippen LogP contribution in [-0.4, -0.2) is 5.97 Å². The van der Waals surface area contributed by atoms with Crippen molar-refractivity contribution in [3.05, 3.63) is 59.7 Å². The molecule has 6 heteroatoms. The average Bonchev–Trinajstić information content (AvgIpc) is 2.62. The van der Waals surface area contributed by atoms with Gasteiger partial charge in [0.2, 0.25) is 0 Å². The third kappa shape index (κ3) is 6.14. The second-order valence-electron chi connectivity index (χ2n) is 6.89. The summed E-state index contributed by atoms with van der Waals surface area (Å²) in [6.45, 7) is 9.92. The second kappa shape index (κ2) is 9.09. The van der Waals surface area contributed by atoms with E-state index in [0.717, 1.165) is 11.1 Å². The quantitative estimate of drug-likeness (QED) is 0.485. The number of rotatable bonds is 8. The fourth-order valence-electron chi connectivity index (χ4n) is 2.33. The maximum absolute atomic E-state index is 13.1. The van der Waals surface area contributed by atoms with E-state index in [9.17, 15) is 9.36 Å². The van der Waals surface area contributed by atoms with E-state index in [1.54, 1.807) is 31.2 Å². The van der Waals surface area contributed by atoms with Crippen molar-refractivity contribution in [3.8, 4) is 11.5 Å². The Bertz CT molecular complexity index is 737. The molecule has 0 aliphatic rings. The van der Waals surface area contributed by atoms with Gasteiger partial charge >= 0.3 is 13.8 Å². The van der Waals surface area contributed by atoms with E-state index in [4.69, 9.17) is 13.6 Å². The Morgan fingerprint density at radius 2 is 1.19 bits per heavy atom. The molecule has 0 N–H and O–H groups in total. The van der Waals surface area contributed by atoms with E-state index < -0.39 is 13.8 Å². The maximum atomic E-state index is 13.1. The molecule has 2 aromatic rings. The number of hydrogen-bond acceptors (Lipinski definition) is 5. The van der Waals surface area contributed by atoms with Crippen LogP contribution in [0, 0.1) is 0 Å². The van der Waals surface area contributed by atoms with Crippen LogP contribution in [0.1, 0.15) is 64.0 Å². The van der Waals surface area contributed by atoms with Crippen molar-refractivity contribution in [2.75, 3.05) is 0 Å². The van der Waals surface area contributed by atoms with Crippen LogP contribution in [0.5, 0.6) is 11.5 Å². The molecule has 0 fully saturated rings. The van der Waals surface area contributed by atoms with Crippen LogP contribution >= 0.6 is 7.82 Å². The standard InChI is InChI=1S/C21H27O5P/c1-6-21(22)26-27(23,24-19-11-7-17(8-12-19)15(2)3)25-20-13-9-18(10-14-20)16(4)5/h7-16H,6H2,1-5H3. The molecule has 0 spiro atoms. The Hall–Kier alpha value is -2.26. The predicted octanol–water partition coefficient (Wildman–Crippen LogP) is 6.45. The summed E-state index contributed by atoms with van der Waals surface area (Å²) >= 11 is 0. The normalized spacial score (nSPS) is 11.5. The van der Waals surface area contributed by atoms with Crippen LogP contribution < -0.4 is 9.05 Å². The van der Waals surface area contributed by atoms with Crippen molar-refractivity contribution in [1.82, 2.24) is 0 Å². The SMILES string of the molecule is CCC(=O)OP(=O)(Oc1ccc(C(C)C)cc1)Oc1ccc(C(C)C)cc1. The van der Waals surface area contributed by atoms with Gasteiger partial charge in [-0.3, -0.25) is 4.79 Å². The summed E-state index contributed by atoms with van der Waals surface area (Å²) < 4.78 is 29.1. The highest BCUT2D eigenvalue weighted by molar-refractivity contribution is 7.50. The largest absolute Gasteiger partial charge is 0.649 e. The summed E-state index contributed by atoms with van der Waals surface area (Å²) in [5.74, 6) is 0.686. The Morgan fingerprint density at radius 3 is 1.48 bits per heavy atom. The molecule has 2 rings (SSSR count). The molecule has 2 aromatic carbocycles. The minimum atomic E-state index is -4.16. The van der Waals surface area contributed by atoms with E-state index >= 15 is 0 Å². The number of carbonyl (C=O) groups is 1. The van der Waals surface area contributed by atoms with Crippen LogP contribution in [0.3, 0.4) is 0 Å². The van der Waals surface area contributed by atoms with Gasteiger partial charge in [0, 0.05) is 6.42 Å². The van der Waals surface area contributed by atoms with Crippen LogP contribution in [0.4, 0.5) is 0 Å². The van der Waals surface area contributed by atoms with Crippen molar-refractivity contribution in [2.24, 2.45) is 0 Å². The average molecular weight is 390 g/mol. The number of hydrogen-bond donors (Lipinski definition) is 0. The number of benzene rings is 2. The minimum Gasteiger partial charge on any atom is -0.386 e. The zero-order chi connectivity index (χ0) is 20.0. The first-order valence-electron chi connectivity index (χ1n) is 9.14. The number of phosphoric ester groups is 1. The molecule has 0 aliphatic carbocycles. The summed E-state index contributed by atoms with van der Waals surface area (Å²) in [7, 11) is -4.16. The Kier molecular flexibility index (Phi) is 7.09. The zero-order valence-electron chi connectivity index (χ0n) is 16.5. The third-order valence-corrected chi connectivity index (χ3v) is 5.33. The van der Waals surface area contributed by atoms with Gasteiger partial charge < -0.3 is 13.6 Å². The zero-order valence-corrected chi connectivity index (χ0v) is 17.4. The lowest BCUT2D eigenvalue weighted by atomic mass is 10.0. The molecule has 0 saturated carbocycles. The minimum absolute atomic E-state index is 0.0648. The maximum Gasteiger partial charge on any atom is 0.649 e. The van der Waals surface area contributed by atoms with Gasteiger partial charge in [0.25, 0.3) is 0 Å². The molecular formula is C21H27O5P. The molecule has 0 heterocycles. The van der Waals surface area contributed by atoms with Gasteiger partial charge in [0.1, 0.15) is 11.5 Å². The van der Waals surface area contributed by atoms with E-state index in [1.807, 2.05) is 24.3 Å². The smallest absolute Gasteiger partial charge is 0.386 e. The van der Waals surface area contributed by atoms with Crippen LogP contribution in [-0.2, 0) is 13.9 Å². The second-order valence-corrected chi connectivity index (χ2v) is 8.34. The lowest BCUT2D eigenvalue weighted by Crippen LogP contribution is -2.10. The van der Waals surface area contributed by atoms with Gasteiger partial charge in [-0.15, -0.1) is 0 Å². The first kappa shape index (κ1) is 21.0. The monoisotopic (exact) mass is 390 g/mol. The topological polar surface area (TPSA) is 61.8 Å². The number of phosphoric acid groups is 1. The van der Waals surface area contributed by atoms with Crippen LogP contribution in [0.25, 0.3) is 0 Å². The third-order valence-electron chi connectivity index (χ3n) is 4.03. The van der Waals surface area contributed by atoms with Gasteiger partial charge in [-0.05, 0) is 47.2 Å². The molecule has 27 heavy (non-hydrogen) atoms. The molecule has 0 atom stereocenters. The highest BCUT2D eigenvalue weighted by atomic mass is 31.2. The molecule has 146 valence electrons. The van der Waals surface area contributed by atoms with Crippen LogP contribution in [0.2, 0.25) is 0 Å². The van der Waals surface area contributed by atoms with Crippen molar-refractivity contribution in [3.63, 3.8) is 0 Å². The molecule has 5 nitrogen and oxygen atoms in total. The van der Waals surface area contributed by atoms with Gasteiger partial charge in [0.05, 0.1) is 0 Å². The van der Waals surface area contributed by atoms with E-state index in [2.05, 4.69) is 27.7 Å². The Balaban J connectivity index is 2.23. The highest BCUT2D eigenvalue weighted by Crippen LogP contribution is 2.50. The molecule has 0 bridgehead atoms. The van der Waals surface area contributed by atoms with Crippen molar-refractivity contribution in [2.45, 2.75) is 52.9 Å². The fourth-order valence-corrected chi connectivity index (χ4v) is 3.58. The lowest BCUT2D eigenvalue weighted by molar-refractivity contribution is -0.135. The van der Waals surface area contributed by atoms with Crippen molar-refractivity contribution in [1.29, 1.82) is 0 Å². The van der Waals surface area contributed by atoms with E-state index in [0.29, 0.717) is 23.3 Å². The Morgan fingerprint density at radius 1 is 0.815 bits per heavy atom. The van der Waals surface area contributed by atoms with Gasteiger partial charge in [0.15, 0.2) is 0 Å². The van der Waals surface area contributed by atoms with Crippen molar-refractivity contribution >= 4 is 13.8 Å². The molecule has 0 aromatic heterocycles. The van der Waals surface area contributed by atoms with Crippen LogP contribution in [0.15, 0.2) is 48.5 Å². The molecule has 0 aliphatic heterocycles. The fraction of sp³-hybridized carbons (Fsp3) is 0.381. The number of carbonyl (C=O) groups excluding carboxylic acids is 1. The van der Waals surface area contributed by atoms with Crippen molar-refractivity contribution < 1.29 is 22.9 Å². The molecule has 0 saturated heterocycles. The van der Waals surface area contributed by atoms with E-state index in [-0.39, 0.29) is 6.42 Å². The molecule has 0 unspecified atom stereocenters. The first-order chi connectivity index (χ1) is 12.7. The van der Waals surface area contributed by atoms with Gasteiger partial charge in [-0.1, -0.05) is 58.9 Å². The Labute approximate surface area is 161 Å². The van der Waals surface area contributed by atoms with Gasteiger partial charge in [-0.2, -0.15) is 4.57 Å². The van der Waals surface area contributed by atoms with Gasteiger partial charge in [-0.25, -0.2) is 0 Å². The summed E-state index contributed by atoms with van der Waals surface area (Å²) in [4.78, 5) is 11.7. The molecule has 0 amide bonds. The highest BCUT2D eigenvalue weighted by Gasteiger charge is 2.35. The summed E-state index contributed by atoms with van der Waals surface area (Å²) in [6.07, 6.45) is 0.0648. The molecular weight excluding hydrogens is 363 g/mol. The van der Waals surface area contributed by atoms with E-state index in [1.165, 1.54) is 0 Å². The predicted molar refractivity (Wildman–Crippen MR) is 106 cm³/mol. The first-order valence-corrected chi connectivity index (χ1v) is 10.6. The summed E-state index contributed by atoms with van der Waals surface area (Å²) in [5.41, 5.74) is 2.24.